The fourth-order valence-electron chi connectivity index (χ4n) is 3.47. The number of halogens is 2. The van der Waals surface area contributed by atoms with E-state index >= 15 is 0 Å². The third-order valence-electron chi connectivity index (χ3n) is 5.08. The molecule has 1 saturated carbocycles. The molecule has 5 rings (SSSR count). The van der Waals surface area contributed by atoms with Crippen molar-refractivity contribution >= 4 is 27.5 Å². The van der Waals surface area contributed by atoms with Crippen molar-refractivity contribution in [3.8, 4) is 0 Å². The summed E-state index contributed by atoms with van der Waals surface area (Å²) in [6, 6.07) is 4.97. The standard InChI is InChI=1S/C12H16FN3O.C7H4FNS/c13-9-3-8(4-9)5-12(17)16-2-1-10-11(6-16)15-7-14-10;8-5-2-1-3-6-7(5)9-4-10-6/h7-9H,1-6H2,(H,14,15);1-4H. The molecular weight excluding hydrogens is 370 g/mol. The van der Waals surface area contributed by atoms with Crippen LogP contribution in [0, 0.1) is 11.7 Å². The number of carbonyl (C=O) groups excluding carboxylic acids is 1. The third-order valence-corrected chi connectivity index (χ3v) is 5.87. The summed E-state index contributed by atoms with van der Waals surface area (Å²) < 4.78 is 26.3. The molecule has 1 N–H and O–H groups in total. The molecule has 5 nitrogen and oxygen atoms in total. The first kappa shape index (κ1) is 18.0. The topological polar surface area (TPSA) is 61.9 Å². The van der Waals surface area contributed by atoms with Gasteiger partial charge in [0, 0.05) is 19.4 Å². The molecule has 2 aromatic heterocycles. The van der Waals surface area contributed by atoms with Crippen molar-refractivity contribution in [1.29, 1.82) is 0 Å². The Morgan fingerprint density at radius 3 is 2.96 bits per heavy atom. The van der Waals surface area contributed by atoms with Gasteiger partial charge in [-0.2, -0.15) is 0 Å². The highest BCUT2D eigenvalue weighted by molar-refractivity contribution is 7.16. The second-order valence-corrected chi connectivity index (χ2v) is 7.86. The minimum atomic E-state index is -0.673. The molecule has 0 spiro atoms. The van der Waals surface area contributed by atoms with E-state index in [0.717, 1.165) is 29.1 Å². The molecule has 1 amide bonds. The maximum Gasteiger partial charge on any atom is 0.223 e. The molecule has 0 atom stereocenters. The van der Waals surface area contributed by atoms with Gasteiger partial charge in [-0.05, 0) is 30.9 Å². The van der Waals surface area contributed by atoms with Crippen molar-refractivity contribution in [1.82, 2.24) is 19.9 Å². The van der Waals surface area contributed by atoms with Crippen LogP contribution in [0.2, 0.25) is 0 Å². The van der Waals surface area contributed by atoms with E-state index in [9.17, 15) is 13.6 Å². The second kappa shape index (κ2) is 7.72. The van der Waals surface area contributed by atoms with Crippen molar-refractivity contribution < 1.29 is 13.6 Å². The summed E-state index contributed by atoms with van der Waals surface area (Å²) in [6.45, 7) is 1.36. The van der Waals surface area contributed by atoms with Crippen LogP contribution >= 0.6 is 11.3 Å². The van der Waals surface area contributed by atoms with Gasteiger partial charge in [0.1, 0.15) is 17.5 Å². The van der Waals surface area contributed by atoms with E-state index < -0.39 is 6.17 Å². The van der Waals surface area contributed by atoms with E-state index in [0.29, 0.717) is 31.3 Å². The number of H-pyrrole nitrogens is 1. The minimum Gasteiger partial charge on any atom is -0.347 e. The fourth-order valence-corrected chi connectivity index (χ4v) is 4.16. The van der Waals surface area contributed by atoms with Gasteiger partial charge in [0.25, 0.3) is 0 Å². The average Bonchev–Trinajstić information content (AvgIpc) is 3.30. The van der Waals surface area contributed by atoms with Gasteiger partial charge in [0.05, 0.1) is 34.5 Å². The quantitative estimate of drug-likeness (QED) is 0.723. The van der Waals surface area contributed by atoms with Gasteiger partial charge in [-0.3, -0.25) is 4.79 Å². The van der Waals surface area contributed by atoms with Gasteiger partial charge in [-0.15, -0.1) is 11.3 Å². The summed E-state index contributed by atoms with van der Waals surface area (Å²) in [5.74, 6) is 0.182. The summed E-state index contributed by atoms with van der Waals surface area (Å²) in [6.07, 6.45) is 3.46. The lowest BCUT2D eigenvalue weighted by Gasteiger charge is -2.32. The predicted molar refractivity (Wildman–Crippen MR) is 99.5 cm³/mol. The molecule has 2 aliphatic rings. The SMILES string of the molecule is Fc1cccc2scnc12.O=C(CC1CC(F)C1)N1CCc2nc[nH]c2C1. The van der Waals surface area contributed by atoms with Crippen LogP contribution < -0.4 is 0 Å². The number of carbonyl (C=O) groups is 1. The normalized spacial score (nSPS) is 21.2. The number of nitrogens with zero attached hydrogens (tertiary/aromatic N) is 3. The maximum atomic E-state index is 12.8. The zero-order valence-corrected chi connectivity index (χ0v) is 15.5. The minimum absolute atomic E-state index is 0.155. The summed E-state index contributed by atoms with van der Waals surface area (Å²) in [7, 11) is 0. The van der Waals surface area contributed by atoms with Crippen LogP contribution in [-0.2, 0) is 17.8 Å². The molecule has 0 saturated heterocycles. The highest BCUT2D eigenvalue weighted by Crippen LogP contribution is 2.33. The second-order valence-electron chi connectivity index (χ2n) is 6.97. The zero-order chi connectivity index (χ0) is 18.8. The summed E-state index contributed by atoms with van der Waals surface area (Å²) >= 11 is 1.45. The largest absolute Gasteiger partial charge is 0.347 e. The number of fused-ring (bicyclic) bond motifs is 2. The number of thiazole rings is 1. The van der Waals surface area contributed by atoms with E-state index in [1.165, 1.54) is 17.4 Å². The summed E-state index contributed by atoms with van der Waals surface area (Å²) in [5, 5.41) is 0. The predicted octanol–water partition coefficient (Wildman–Crippen LogP) is 3.87. The fraction of sp³-hybridized carbons (Fsp3) is 0.421. The van der Waals surface area contributed by atoms with E-state index in [2.05, 4.69) is 15.0 Å². The highest BCUT2D eigenvalue weighted by Gasteiger charge is 2.32. The van der Waals surface area contributed by atoms with Gasteiger partial charge < -0.3 is 9.88 Å². The first-order valence-electron chi connectivity index (χ1n) is 9.01. The lowest BCUT2D eigenvalue weighted by atomic mass is 9.81. The van der Waals surface area contributed by atoms with Crippen molar-refractivity contribution in [2.45, 2.75) is 38.4 Å². The molecule has 0 radical (unpaired) electrons. The van der Waals surface area contributed by atoms with Gasteiger partial charge in [0.15, 0.2) is 0 Å². The Labute approximate surface area is 159 Å². The van der Waals surface area contributed by atoms with Crippen LogP contribution in [0.15, 0.2) is 30.0 Å². The molecule has 142 valence electrons. The number of aromatic amines is 1. The monoisotopic (exact) mass is 390 g/mol. The molecule has 3 aromatic rings. The molecule has 8 heteroatoms. The molecule has 1 aliphatic heterocycles. The molecule has 1 aliphatic carbocycles. The van der Waals surface area contributed by atoms with Crippen molar-refractivity contribution in [3.05, 3.63) is 47.2 Å². The van der Waals surface area contributed by atoms with E-state index in [4.69, 9.17) is 0 Å². The number of benzene rings is 1. The number of amides is 1. The first-order chi connectivity index (χ1) is 13.1. The van der Waals surface area contributed by atoms with Crippen LogP contribution in [0.5, 0.6) is 0 Å². The molecular formula is C19H20F2N4OS. The zero-order valence-electron chi connectivity index (χ0n) is 14.7. The third kappa shape index (κ3) is 4.00. The van der Waals surface area contributed by atoms with Gasteiger partial charge in [-0.1, -0.05) is 6.07 Å². The average molecular weight is 390 g/mol. The number of para-hydroxylation sites is 1. The Kier molecular flexibility index (Phi) is 5.15. The van der Waals surface area contributed by atoms with E-state index in [-0.39, 0.29) is 17.6 Å². The van der Waals surface area contributed by atoms with Crippen molar-refractivity contribution in [2.24, 2.45) is 5.92 Å². The lowest BCUT2D eigenvalue weighted by Crippen LogP contribution is -2.39. The van der Waals surface area contributed by atoms with Crippen molar-refractivity contribution in [3.63, 3.8) is 0 Å². The number of hydrogen-bond acceptors (Lipinski definition) is 4. The molecule has 27 heavy (non-hydrogen) atoms. The maximum absolute atomic E-state index is 12.8. The summed E-state index contributed by atoms with van der Waals surface area (Å²) in [4.78, 5) is 25.0. The number of nitrogens with one attached hydrogen (secondary N) is 1. The number of aromatic nitrogens is 3. The Morgan fingerprint density at radius 2 is 2.19 bits per heavy atom. The Morgan fingerprint density at radius 1 is 1.33 bits per heavy atom. The van der Waals surface area contributed by atoms with Crippen LogP contribution in [0.1, 0.15) is 30.7 Å². The smallest absolute Gasteiger partial charge is 0.223 e. The van der Waals surface area contributed by atoms with Crippen LogP contribution in [-0.4, -0.2) is 38.5 Å². The number of imidazole rings is 1. The lowest BCUT2D eigenvalue weighted by molar-refractivity contribution is -0.134. The van der Waals surface area contributed by atoms with Crippen LogP contribution in [0.3, 0.4) is 0 Å². The number of alkyl halides is 1. The molecule has 1 fully saturated rings. The molecule has 0 unspecified atom stereocenters. The van der Waals surface area contributed by atoms with E-state index in [1.54, 1.807) is 17.9 Å². The van der Waals surface area contributed by atoms with Crippen LogP contribution in [0.25, 0.3) is 10.2 Å². The Bertz CT molecular complexity index is 935. The van der Waals surface area contributed by atoms with Gasteiger partial charge in [-0.25, -0.2) is 18.7 Å². The number of rotatable bonds is 2. The molecule has 1 aromatic carbocycles. The van der Waals surface area contributed by atoms with Crippen LogP contribution in [0.4, 0.5) is 8.78 Å². The Balaban J connectivity index is 0.000000153. The van der Waals surface area contributed by atoms with Gasteiger partial charge >= 0.3 is 0 Å². The van der Waals surface area contributed by atoms with Crippen molar-refractivity contribution in [2.75, 3.05) is 6.54 Å². The molecule has 3 heterocycles. The highest BCUT2D eigenvalue weighted by atomic mass is 32.1. The first-order valence-corrected chi connectivity index (χ1v) is 9.89. The Hall–Kier alpha value is -2.35. The summed E-state index contributed by atoms with van der Waals surface area (Å²) in [5.41, 5.74) is 4.24. The number of hydrogen-bond donors (Lipinski definition) is 1. The van der Waals surface area contributed by atoms with E-state index in [1.807, 2.05) is 11.0 Å². The van der Waals surface area contributed by atoms with Gasteiger partial charge in [0.2, 0.25) is 5.91 Å². The molecule has 0 bridgehead atoms.